The van der Waals surface area contributed by atoms with E-state index >= 15 is 0 Å². The molecule has 0 atom stereocenters. The highest BCUT2D eigenvalue weighted by molar-refractivity contribution is 7.90. The maximum Gasteiger partial charge on any atom is 0.271 e. The van der Waals surface area contributed by atoms with Crippen LogP contribution in [-0.4, -0.2) is 17.4 Å². The third-order valence-electron chi connectivity index (χ3n) is 3.11. The zero-order valence-corrected chi connectivity index (χ0v) is 11.6. The number of pyridine rings is 1. The van der Waals surface area contributed by atoms with Gasteiger partial charge in [-0.1, -0.05) is 17.7 Å². The maximum absolute atomic E-state index is 12.7. The van der Waals surface area contributed by atoms with Gasteiger partial charge in [-0.15, -0.1) is 0 Å². The van der Waals surface area contributed by atoms with Crippen LogP contribution in [0.1, 0.15) is 5.56 Å². The molecule has 0 aliphatic carbocycles. The molecular weight excluding hydrogens is 274 g/mol. The molecule has 3 rings (SSSR count). The molecule has 0 spiro atoms. The average molecular weight is 287 g/mol. The highest BCUT2D eigenvalue weighted by Gasteiger charge is 2.22. The van der Waals surface area contributed by atoms with E-state index in [2.05, 4.69) is 4.98 Å². The molecule has 0 saturated heterocycles. The topological polar surface area (TPSA) is 78.0 Å². The van der Waals surface area contributed by atoms with Gasteiger partial charge in [-0.05, 0) is 37.3 Å². The van der Waals surface area contributed by atoms with E-state index < -0.39 is 10.0 Å². The van der Waals surface area contributed by atoms with Crippen LogP contribution >= 0.6 is 0 Å². The van der Waals surface area contributed by atoms with Crippen LogP contribution in [0.15, 0.2) is 53.6 Å². The molecule has 0 bridgehead atoms. The Hall–Kier alpha value is -2.34. The minimum absolute atomic E-state index is 0.152. The van der Waals surface area contributed by atoms with Gasteiger partial charge in [0.1, 0.15) is 5.82 Å². The third-order valence-corrected chi connectivity index (χ3v) is 4.84. The number of hydrogen-bond donors (Lipinski definition) is 1. The molecule has 0 radical (unpaired) electrons. The number of fused-ring (bicyclic) bond motifs is 1. The summed E-state index contributed by atoms with van der Waals surface area (Å²) < 4.78 is 26.4. The van der Waals surface area contributed by atoms with Gasteiger partial charge in [0.15, 0.2) is 5.65 Å². The van der Waals surface area contributed by atoms with Gasteiger partial charge in [-0.25, -0.2) is 17.4 Å². The van der Waals surface area contributed by atoms with Crippen molar-refractivity contribution in [1.82, 2.24) is 8.96 Å². The molecule has 0 amide bonds. The number of nitrogens with zero attached hydrogens (tertiary/aromatic N) is 2. The number of rotatable bonds is 2. The largest absolute Gasteiger partial charge is 0.384 e. The monoisotopic (exact) mass is 287 g/mol. The molecule has 0 aliphatic rings. The Morgan fingerprint density at radius 3 is 2.55 bits per heavy atom. The summed E-state index contributed by atoms with van der Waals surface area (Å²) in [6, 6.07) is 11.8. The third kappa shape index (κ3) is 1.85. The van der Waals surface area contributed by atoms with Gasteiger partial charge in [0, 0.05) is 11.6 Å². The first kappa shape index (κ1) is 12.7. The first-order chi connectivity index (χ1) is 9.50. The predicted octanol–water partition coefficient (Wildman–Crippen LogP) is 2.16. The van der Waals surface area contributed by atoms with Crippen LogP contribution in [-0.2, 0) is 10.0 Å². The highest BCUT2D eigenvalue weighted by Crippen LogP contribution is 2.25. The van der Waals surface area contributed by atoms with Gasteiger partial charge in [0.05, 0.1) is 4.90 Å². The fraction of sp³-hybridized carbons (Fsp3) is 0.0714. The van der Waals surface area contributed by atoms with Crippen molar-refractivity contribution in [2.75, 3.05) is 5.73 Å². The van der Waals surface area contributed by atoms with Crippen LogP contribution in [0.4, 0.5) is 5.82 Å². The predicted molar refractivity (Wildman–Crippen MR) is 77.9 cm³/mol. The lowest BCUT2D eigenvalue weighted by Crippen LogP contribution is -2.15. The fourth-order valence-electron chi connectivity index (χ4n) is 2.10. The molecule has 6 heteroatoms. The Labute approximate surface area is 116 Å². The molecule has 2 N–H and O–H groups in total. The van der Waals surface area contributed by atoms with Crippen molar-refractivity contribution >= 4 is 26.9 Å². The maximum atomic E-state index is 12.7. The lowest BCUT2D eigenvalue weighted by atomic mass is 10.2. The molecule has 0 aliphatic heterocycles. The minimum Gasteiger partial charge on any atom is -0.384 e. The number of hydrogen-bond acceptors (Lipinski definition) is 4. The molecule has 5 nitrogen and oxygen atoms in total. The van der Waals surface area contributed by atoms with Gasteiger partial charge in [0.2, 0.25) is 0 Å². The van der Waals surface area contributed by atoms with E-state index in [-0.39, 0.29) is 10.7 Å². The highest BCUT2D eigenvalue weighted by atomic mass is 32.2. The van der Waals surface area contributed by atoms with Crippen molar-refractivity contribution in [3.8, 4) is 0 Å². The van der Waals surface area contributed by atoms with Crippen LogP contribution in [0.2, 0.25) is 0 Å². The van der Waals surface area contributed by atoms with Crippen molar-refractivity contribution < 1.29 is 8.42 Å². The Kier molecular flexibility index (Phi) is 2.76. The lowest BCUT2D eigenvalue weighted by molar-refractivity contribution is 0.589. The Morgan fingerprint density at radius 1 is 1.15 bits per heavy atom. The molecule has 2 heterocycles. The average Bonchev–Trinajstić information content (AvgIpc) is 2.75. The first-order valence-electron chi connectivity index (χ1n) is 6.04. The first-order valence-corrected chi connectivity index (χ1v) is 7.48. The van der Waals surface area contributed by atoms with Gasteiger partial charge in [-0.3, -0.25) is 0 Å². The molecule has 20 heavy (non-hydrogen) atoms. The van der Waals surface area contributed by atoms with Crippen LogP contribution in [0.25, 0.3) is 11.0 Å². The summed E-state index contributed by atoms with van der Waals surface area (Å²) in [5.74, 6) is 0.152. The van der Waals surface area contributed by atoms with Crippen molar-refractivity contribution in [2.45, 2.75) is 11.8 Å². The summed E-state index contributed by atoms with van der Waals surface area (Å²) in [5.41, 5.74) is 7.18. The molecular formula is C14H13N3O2S. The van der Waals surface area contributed by atoms with Crippen molar-refractivity contribution in [1.29, 1.82) is 0 Å². The molecule has 102 valence electrons. The van der Waals surface area contributed by atoms with E-state index in [4.69, 9.17) is 5.73 Å². The van der Waals surface area contributed by atoms with Crippen LogP contribution < -0.4 is 5.73 Å². The van der Waals surface area contributed by atoms with Crippen LogP contribution in [0, 0.1) is 6.92 Å². The smallest absolute Gasteiger partial charge is 0.271 e. The van der Waals surface area contributed by atoms with Crippen molar-refractivity contribution in [3.63, 3.8) is 0 Å². The fourth-order valence-corrected chi connectivity index (χ4v) is 3.50. The summed E-state index contributed by atoms with van der Waals surface area (Å²) in [4.78, 5) is 4.31. The van der Waals surface area contributed by atoms with Crippen molar-refractivity contribution in [2.24, 2.45) is 0 Å². The summed E-state index contributed by atoms with van der Waals surface area (Å²) in [5, 5.41) is 0.695. The van der Waals surface area contributed by atoms with E-state index in [9.17, 15) is 8.42 Å². The molecule has 3 aromatic rings. The number of anilines is 1. The number of benzene rings is 1. The van der Waals surface area contributed by atoms with E-state index in [1.165, 1.54) is 0 Å². The Bertz CT molecular complexity index is 880. The minimum atomic E-state index is -3.74. The summed E-state index contributed by atoms with van der Waals surface area (Å²) >= 11 is 0. The SMILES string of the molecule is Cc1ccc(S(=O)(=O)n2c(N)cc3cccnc32)cc1. The molecule has 0 fully saturated rings. The second kappa shape index (κ2) is 4.35. The van der Waals surface area contributed by atoms with E-state index in [0.717, 1.165) is 9.54 Å². The number of nitrogens with two attached hydrogens (primary N) is 1. The zero-order valence-electron chi connectivity index (χ0n) is 10.8. The number of aryl methyl sites for hydroxylation is 1. The van der Waals surface area contributed by atoms with Gasteiger partial charge in [-0.2, -0.15) is 0 Å². The Balaban J connectivity index is 2.29. The van der Waals surface area contributed by atoms with Crippen LogP contribution in [0.5, 0.6) is 0 Å². The quantitative estimate of drug-likeness (QED) is 0.783. The standard InChI is InChI=1S/C14H13N3O2S/c1-10-4-6-12(7-5-10)20(18,19)17-13(15)9-11-3-2-8-16-14(11)17/h2-9H,15H2,1H3. The van der Waals surface area contributed by atoms with Gasteiger partial charge >= 0.3 is 0 Å². The lowest BCUT2D eigenvalue weighted by Gasteiger charge is -2.09. The van der Waals surface area contributed by atoms with Crippen molar-refractivity contribution in [3.05, 3.63) is 54.2 Å². The molecule has 0 saturated carbocycles. The normalized spacial score (nSPS) is 11.8. The summed E-state index contributed by atoms with van der Waals surface area (Å²) in [6.45, 7) is 1.90. The zero-order chi connectivity index (χ0) is 14.3. The number of aromatic nitrogens is 2. The Morgan fingerprint density at radius 2 is 1.85 bits per heavy atom. The van der Waals surface area contributed by atoms with E-state index in [1.54, 1.807) is 48.7 Å². The number of nitrogen functional groups attached to an aromatic ring is 1. The molecule has 1 aromatic carbocycles. The second-order valence-corrected chi connectivity index (χ2v) is 6.35. The summed E-state index contributed by atoms with van der Waals surface area (Å²) in [6.07, 6.45) is 1.54. The molecule has 2 aromatic heterocycles. The van der Waals surface area contributed by atoms with Crippen LogP contribution in [0.3, 0.4) is 0 Å². The van der Waals surface area contributed by atoms with Gasteiger partial charge in [0.25, 0.3) is 10.0 Å². The van der Waals surface area contributed by atoms with E-state index in [0.29, 0.717) is 11.0 Å². The molecule has 0 unspecified atom stereocenters. The second-order valence-electron chi connectivity index (χ2n) is 4.57. The summed E-state index contributed by atoms with van der Waals surface area (Å²) in [7, 11) is -3.74. The van der Waals surface area contributed by atoms with E-state index in [1.807, 2.05) is 6.92 Å². The van der Waals surface area contributed by atoms with Gasteiger partial charge < -0.3 is 5.73 Å².